The van der Waals surface area contributed by atoms with E-state index < -0.39 is 0 Å². The van der Waals surface area contributed by atoms with Gasteiger partial charge in [0.05, 0.1) is 44.5 Å². The summed E-state index contributed by atoms with van der Waals surface area (Å²) in [7, 11) is 0. The van der Waals surface area contributed by atoms with Crippen LogP contribution in [0.5, 0.6) is 0 Å². The first-order valence-electron chi connectivity index (χ1n) is 20.5. The summed E-state index contributed by atoms with van der Waals surface area (Å²) in [5.74, 6) is 0. The number of nitrogens with zero attached hydrogens (tertiary/aromatic N) is 4. The molecule has 3 heterocycles. The Morgan fingerprint density at radius 2 is 0.717 bits per heavy atom. The van der Waals surface area contributed by atoms with Gasteiger partial charge in [0.25, 0.3) is 0 Å². The van der Waals surface area contributed by atoms with Crippen molar-refractivity contribution >= 4 is 87.0 Å². The smallest absolute Gasteiger partial charge is 0.0979 e. The molecule has 0 amide bonds. The summed E-state index contributed by atoms with van der Waals surface area (Å²) in [6, 6.07) is 74.2. The van der Waals surface area contributed by atoms with Crippen LogP contribution in [0.3, 0.4) is 0 Å². The van der Waals surface area contributed by atoms with Crippen LogP contribution in [0, 0.1) is 0 Å². The van der Waals surface area contributed by atoms with Gasteiger partial charge in [0.1, 0.15) is 0 Å². The van der Waals surface area contributed by atoms with Crippen LogP contribution in [-0.2, 0) is 0 Å². The second-order valence-corrected chi connectivity index (χ2v) is 15.7. The first-order chi connectivity index (χ1) is 29.8. The Kier molecular flexibility index (Phi) is 6.98. The summed E-state index contributed by atoms with van der Waals surface area (Å²) >= 11 is 0. The molecule has 0 atom stereocenters. The molecule has 10 aromatic carbocycles. The van der Waals surface area contributed by atoms with E-state index in [1.165, 1.54) is 54.4 Å². The quantitative estimate of drug-likeness (QED) is 0.167. The lowest BCUT2D eigenvalue weighted by Gasteiger charge is -2.15. The number of para-hydroxylation sites is 3. The first-order valence-corrected chi connectivity index (χ1v) is 20.5. The molecule has 4 heteroatoms. The maximum atomic E-state index is 5.53. The fraction of sp³-hybridized carbons (Fsp3) is 0. The number of hydrogen-bond acceptors (Lipinski definition) is 2. The molecule has 0 saturated carbocycles. The highest BCUT2D eigenvalue weighted by Gasteiger charge is 2.20. The molecule has 0 aliphatic heterocycles. The molecule has 278 valence electrons. The number of fused-ring (bicyclic) bond motifs is 13. The van der Waals surface area contributed by atoms with Crippen LogP contribution >= 0.6 is 0 Å². The van der Waals surface area contributed by atoms with Gasteiger partial charge in [-0.1, -0.05) is 152 Å². The van der Waals surface area contributed by atoms with Crippen molar-refractivity contribution in [3.8, 4) is 33.9 Å². The SMILES string of the molecule is c1ccc(-c2nc3c4ccccc4c4ccccc4c3nc2-c2ccc3cc(-n4c5ccccc5c5cc6c(cc54)c4ccccc4n6-c4ccccc4)ccc3c2)cc1. The highest BCUT2D eigenvalue weighted by atomic mass is 15.0. The minimum atomic E-state index is 0.876. The third kappa shape index (κ3) is 4.79. The predicted molar refractivity (Wildman–Crippen MR) is 252 cm³/mol. The second kappa shape index (κ2) is 12.7. The molecule has 13 rings (SSSR count). The Bertz CT molecular complexity index is 3880. The highest BCUT2D eigenvalue weighted by Crippen LogP contribution is 2.42. The van der Waals surface area contributed by atoms with Crippen LogP contribution in [-0.4, -0.2) is 19.1 Å². The van der Waals surface area contributed by atoms with E-state index in [4.69, 9.17) is 9.97 Å². The molecular formula is C56H34N4. The van der Waals surface area contributed by atoms with Crippen molar-refractivity contribution in [1.82, 2.24) is 19.1 Å². The van der Waals surface area contributed by atoms with Crippen LogP contribution in [0.2, 0.25) is 0 Å². The van der Waals surface area contributed by atoms with Gasteiger partial charge in [-0.05, 0) is 76.1 Å². The number of hydrogen-bond donors (Lipinski definition) is 0. The number of aromatic nitrogens is 4. The molecule has 0 radical (unpaired) electrons. The summed E-state index contributed by atoms with van der Waals surface area (Å²) in [6.07, 6.45) is 0. The summed E-state index contributed by atoms with van der Waals surface area (Å²) in [6.45, 7) is 0. The standard InChI is InChI=1S/C56H34N4/c1-3-15-35(16-4-1)53-54(58-56-46-24-10-8-20-42(46)41-19-7-9-23-45(41)55(56)57-53)38-28-27-37-32-40(30-29-36(37)31-38)60-50-26-14-12-22-44(50)48-33-51-47(34-52(48)60)43-21-11-13-25-49(43)59(51)39-17-5-2-6-18-39/h1-34H. The van der Waals surface area contributed by atoms with Gasteiger partial charge in [0.2, 0.25) is 0 Å². The third-order valence-corrected chi connectivity index (χ3v) is 12.4. The lowest BCUT2D eigenvalue weighted by Crippen LogP contribution is -1.98. The molecule has 13 aromatic rings. The molecule has 60 heavy (non-hydrogen) atoms. The van der Waals surface area contributed by atoms with Gasteiger partial charge in [-0.25, -0.2) is 9.97 Å². The zero-order valence-corrected chi connectivity index (χ0v) is 32.4. The van der Waals surface area contributed by atoms with Crippen LogP contribution in [0.25, 0.3) is 121 Å². The van der Waals surface area contributed by atoms with Gasteiger partial charge < -0.3 is 9.13 Å². The van der Waals surface area contributed by atoms with Crippen molar-refractivity contribution in [2.45, 2.75) is 0 Å². The van der Waals surface area contributed by atoms with Gasteiger partial charge >= 0.3 is 0 Å². The molecular weight excluding hydrogens is 729 g/mol. The maximum absolute atomic E-state index is 5.53. The first kappa shape index (κ1) is 32.9. The van der Waals surface area contributed by atoms with Gasteiger partial charge in [-0.3, -0.25) is 0 Å². The van der Waals surface area contributed by atoms with E-state index >= 15 is 0 Å². The predicted octanol–water partition coefficient (Wildman–Crippen LogP) is 14.6. The minimum Gasteiger partial charge on any atom is -0.309 e. The lowest BCUT2D eigenvalue weighted by atomic mass is 9.97. The summed E-state index contributed by atoms with van der Waals surface area (Å²) in [4.78, 5) is 11.0. The molecule has 0 bridgehead atoms. The molecule has 3 aromatic heterocycles. The van der Waals surface area contributed by atoms with Crippen LogP contribution in [0.1, 0.15) is 0 Å². The molecule has 0 spiro atoms. The van der Waals surface area contributed by atoms with Gasteiger partial charge in [-0.15, -0.1) is 0 Å². The van der Waals surface area contributed by atoms with E-state index in [1.54, 1.807) is 0 Å². The Labute approximate surface area is 344 Å². The van der Waals surface area contributed by atoms with E-state index in [9.17, 15) is 0 Å². The van der Waals surface area contributed by atoms with Crippen molar-refractivity contribution in [2.75, 3.05) is 0 Å². The van der Waals surface area contributed by atoms with Gasteiger partial charge in [0.15, 0.2) is 0 Å². The van der Waals surface area contributed by atoms with Crippen molar-refractivity contribution < 1.29 is 0 Å². The van der Waals surface area contributed by atoms with Crippen LogP contribution in [0.15, 0.2) is 206 Å². The zero-order chi connectivity index (χ0) is 39.3. The van der Waals surface area contributed by atoms with E-state index in [2.05, 4.69) is 215 Å². The molecule has 0 unspecified atom stereocenters. The minimum absolute atomic E-state index is 0.876. The van der Waals surface area contributed by atoms with Gasteiger partial charge in [-0.2, -0.15) is 0 Å². The highest BCUT2D eigenvalue weighted by molar-refractivity contribution is 6.24. The summed E-state index contributed by atoms with van der Waals surface area (Å²) < 4.78 is 4.83. The summed E-state index contributed by atoms with van der Waals surface area (Å²) in [5.41, 5.74) is 12.7. The zero-order valence-electron chi connectivity index (χ0n) is 32.4. The van der Waals surface area contributed by atoms with Crippen molar-refractivity contribution in [3.63, 3.8) is 0 Å². The maximum Gasteiger partial charge on any atom is 0.0979 e. The molecule has 0 N–H and O–H groups in total. The number of rotatable bonds is 4. The molecule has 0 aliphatic carbocycles. The fourth-order valence-electron chi connectivity index (χ4n) is 9.74. The van der Waals surface area contributed by atoms with E-state index in [1.807, 2.05) is 0 Å². The average Bonchev–Trinajstić information content (AvgIpc) is 3.82. The van der Waals surface area contributed by atoms with Gasteiger partial charge in [0, 0.05) is 54.8 Å². The Morgan fingerprint density at radius 3 is 1.32 bits per heavy atom. The number of benzene rings is 10. The second-order valence-electron chi connectivity index (χ2n) is 15.7. The topological polar surface area (TPSA) is 35.6 Å². The van der Waals surface area contributed by atoms with Crippen LogP contribution in [0.4, 0.5) is 0 Å². The summed E-state index contributed by atoms with van der Waals surface area (Å²) in [5, 5.41) is 11.9. The van der Waals surface area contributed by atoms with E-state index in [0.717, 1.165) is 66.5 Å². The Hall–Kier alpha value is -8.08. The fourth-order valence-corrected chi connectivity index (χ4v) is 9.74. The Balaban J connectivity index is 1.01. The van der Waals surface area contributed by atoms with Crippen molar-refractivity contribution in [3.05, 3.63) is 206 Å². The molecule has 0 aliphatic rings. The Morgan fingerprint density at radius 1 is 0.267 bits per heavy atom. The lowest BCUT2D eigenvalue weighted by molar-refractivity contribution is 1.18. The van der Waals surface area contributed by atoms with E-state index in [0.29, 0.717) is 0 Å². The van der Waals surface area contributed by atoms with Crippen molar-refractivity contribution in [1.29, 1.82) is 0 Å². The molecule has 4 nitrogen and oxygen atoms in total. The average molecular weight is 763 g/mol. The van der Waals surface area contributed by atoms with Crippen molar-refractivity contribution in [2.24, 2.45) is 0 Å². The molecule has 0 saturated heterocycles. The molecule has 0 fully saturated rings. The largest absolute Gasteiger partial charge is 0.309 e. The van der Waals surface area contributed by atoms with E-state index in [-0.39, 0.29) is 0 Å². The third-order valence-electron chi connectivity index (χ3n) is 12.4. The monoisotopic (exact) mass is 762 g/mol. The normalized spacial score (nSPS) is 12.0. The van der Waals surface area contributed by atoms with Crippen LogP contribution < -0.4 is 0 Å².